The van der Waals surface area contributed by atoms with Gasteiger partial charge in [0.1, 0.15) is 0 Å². The number of rotatable bonds is 3. The third kappa shape index (κ3) is 1.66. The highest BCUT2D eigenvalue weighted by Crippen LogP contribution is 2.43. The molecule has 1 aliphatic carbocycles. The summed E-state index contributed by atoms with van der Waals surface area (Å²) >= 11 is 0. The van der Waals surface area contributed by atoms with Crippen molar-refractivity contribution in [3.63, 3.8) is 0 Å². The predicted molar refractivity (Wildman–Crippen MR) is 54.2 cm³/mol. The molecule has 12 heavy (non-hydrogen) atoms. The minimum Gasteiger partial charge on any atom is -0.306 e. The van der Waals surface area contributed by atoms with E-state index in [1.165, 1.54) is 12.8 Å². The summed E-state index contributed by atoms with van der Waals surface area (Å²) < 4.78 is 0. The maximum absolute atomic E-state index is 2.41. The van der Waals surface area contributed by atoms with Crippen molar-refractivity contribution in [2.75, 3.05) is 14.1 Å². The fourth-order valence-electron chi connectivity index (χ4n) is 2.64. The van der Waals surface area contributed by atoms with E-state index in [-0.39, 0.29) is 0 Å². The summed E-state index contributed by atoms with van der Waals surface area (Å²) in [5.41, 5.74) is 0. The molecule has 0 radical (unpaired) electrons. The van der Waals surface area contributed by atoms with Crippen LogP contribution in [0, 0.1) is 17.8 Å². The van der Waals surface area contributed by atoms with Crippen molar-refractivity contribution >= 4 is 0 Å². The second-order valence-electron chi connectivity index (χ2n) is 4.68. The molecule has 1 aliphatic rings. The molecule has 72 valence electrons. The Hall–Kier alpha value is -0.0400. The molecule has 1 rings (SSSR count). The summed E-state index contributed by atoms with van der Waals surface area (Å²) in [7, 11) is 4.42. The van der Waals surface area contributed by atoms with Gasteiger partial charge in [-0.25, -0.2) is 0 Å². The standard InChI is InChI=1S/C11H23N/c1-6-11(12(4)5)10-7-8(2)9(10)3/h8-11H,6-7H2,1-5H3. The van der Waals surface area contributed by atoms with Crippen molar-refractivity contribution in [1.82, 2.24) is 4.90 Å². The van der Waals surface area contributed by atoms with Gasteiger partial charge in [0.05, 0.1) is 0 Å². The minimum atomic E-state index is 0.816. The van der Waals surface area contributed by atoms with E-state index in [1.54, 1.807) is 0 Å². The monoisotopic (exact) mass is 169 g/mol. The van der Waals surface area contributed by atoms with Crippen molar-refractivity contribution in [2.24, 2.45) is 17.8 Å². The molecule has 4 atom stereocenters. The first-order valence-corrected chi connectivity index (χ1v) is 5.24. The average Bonchev–Trinajstić information content (AvgIpc) is 2.03. The van der Waals surface area contributed by atoms with Crippen molar-refractivity contribution in [3.05, 3.63) is 0 Å². The molecule has 0 aliphatic heterocycles. The molecule has 0 aromatic carbocycles. The molecule has 0 heterocycles. The fourth-order valence-corrected chi connectivity index (χ4v) is 2.64. The van der Waals surface area contributed by atoms with Crippen molar-refractivity contribution in [3.8, 4) is 0 Å². The maximum atomic E-state index is 2.41. The summed E-state index contributed by atoms with van der Waals surface area (Å²) in [5, 5.41) is 0. The number of nitrogens with zero attached hydrogens (tertiary/aromatic N) is 1. The van der Waals surface area contributed by atoms with Crippen LogP contribution >= 0.6 is 0 Å². The lowest BCUT2D eigenvalue weighted by Crippen LogP contribution is -2.46. The van der Waals surface area contributed by atoms with Crippen LogP contribution in [0.4, 0.5) is 0 Å². The van der Waals surface area contributed by atoms with Crippen molar-refractivity contribution in [2.45, 2.75) is 39.7 Å². The summed E-state index contributed by atoms with van der Waals surface area (Å²) in [4.78, 5) is 2.40. The molecule has 1 nitrogen and oxygen atoms in total. The second-order valence-corrected chi connectivity index (χ2v) is 4.68. The highest BCUT2D eigenvalue weighted by atomic mass is 15.1. The van der Waals surface area contributed by atoms with Crippen LogP contribution in [0.3, 0.4) is 0 Å². The van der Waals surface area contributed by atoms with Crippen LogP contribution in [0.25, 0.3) is 0 Å². The predicted octanol–water partition coefficient (Wildman–Crippen LogP) is 2.62. The van der Waals surface area contributed by atoms with E-state index in [0.29, 0.717) is 0 Å². The lowest BCUT2D eigenvalue weighted by Gasteiger charge is -2.47. The average molecular weight is 169 g/mol. The molecular weight excluding hydrogens is 146 g/mol. The lowest BCUT2D eigenvalue weighted by atomic mass is 9.63. The van der Waals surface area contributed by atoms with Gasteiger partial charge in [0.25, 0.3) is 0 Å². The fraction of sp³-hybridized carbons (Fsp3) is 1.00. The van der Waals surface area contributed by atoms with Crippen LogP contribution in [0.15, 0.2) is 0 Å². The number of hydrogen-bond donors (Lipinski definition) is 0. The molecule has 1 fully saturated rings. The maximum Gasteiger partial charge on any atom is 0.0117 e. The Morgan fingerprint density at radius 3 is 2.17 bits per heavy atom. The Balaban J connectivity index is 2.46. The van der Waals surface area contributed by atoms with E-state index in [9.17, 15) is 0 Å². The van der Waals surface area contributed by atoms with Gasteiger partial charge in [-0.1, -0.05) is 20.8 Å². The lowest BCUT2D eigenvalue weighted by molar-refractivity contribution is 0.0257. The Bertz CT molecular complexity index is 142. The van der Waals surface area contributed by atoms with Crippen LogP contribution in [-0.4, -0.2) is 25.0 Å². The largest absolute Gasteiger partial charge is 0.306 e. The third-order valence-electron chi connectivity index (χ3n) is 3.79. The van der Waals surface area contributed by atoms with Gasteiger partial charge in [0.2, 0.25) is 0 Å². The summed E-state index contributed by atoms with van der Waals surface area (Å²) in [6.45, 7) is 7.09. The van der Waals surface area contributed by atoms with Gasteiger partial charge in [0.15, 0.2) is 0 Å². The molecule has 0 saturated heterocycles. The van der Waals surface area contributed by atoms with Gasteiger partial charge >= 0.3 is 0 Å². The van der Waals surface area contributed by atoms with E-state index < -0.39 is 0 Å². The zero-order valence-electron chi connectivity index (χ0n) is 9.17. The Labute approximate surface area is 77.1 Å². The van der Waals surface area contributed by atoms with Crippen LogP contribution < -0.4 is 0 Å². The van der Waals surface area contributed by atoms with Gasteiger partial charge in [-0.2, -0.15) is 0 Å². The first-order chi connectivity index (χ1) is 5.57. The molecule has 0 aromatic heterocycles. The van der Waals surface area contributed by atoms with Gasteiger partial charge in [0, 0.05) is 6.04 Å². The van der Waals surface area contributed by atoms with Gasteiger partial charge in [-0.15, -0.1) is 0 Å². The quantitative estimate of drug-likeness (QED) is 0.628. The second kappa shape index (κ2) is 3.78. The molecule has 0 N–H and O–H groups in total. The van der Waals surface area contributed by atoms with Crippen molar-refractivity contribution < 1.29 is 0 Å². The molecule has 0 bridgehead atoms. The van der Waals surface area contributed by atoms with Crippen LogP contribution in [-0.2, 0) is 0 Å². The van der Waals surface area contributed by atoms with Gasteiger partial charge in [-0.3, -0.25) is 0 Å². The molecular formula is C11H23N. The Morgan fingerprint density at radius 1 is 1.33 bits per heavy atom. The highest BCUT2D eigenvalue weighted by Gasteiger charge is 2.39. The Morgan fingerprint density at radius 2 is 1.92 bits per heavy atom. The summed E-state index contributed by atoms with van der Waals surface area (Å²) in [6.07, 6.45) is 2.74. The summed E-state index contributed by atoms with van der Waals surface area (Å²) in [5.74, 6) is 2.86. The van der Waals surface area contributed by atoms with E-state index in [4.69, 9.17) is 0 Å². The molecule has 4 unspecified atom stereocenters. The first-order valence-electron chi connectivity index (χ1n) is 5.24. The zero-order valence-corrected chi connectivity index (χ0v) is 9.17. The molecule has 0 amide bonds. The normalized spacial score (nSPS) is 38.0. The molecule has 1 saturated carbocycles. The first kappa shape index (κ1) is 10.0. The van der Waals surface area contributed by atoms with Crippen LogP contribution in [0.2, 0.25) is 0 Å². The van der Waals surface area contributed by atoms with E-state index in [2.05, 4.69) is 39.8 Å². The Kier molecular flexibility index (Phi) is 3.16. The SMILES string of the molecule is CCC(C1CC(C)C1C)N(C)C. The highest BCUT2D eigenvalue weighted by molar-refractivity contribution is 4.90. The van der Waals surface area contributed by atoms with E-state index in [0.717, 1.165) is 23.8 Å². The van der Waals surface area contributed by atoms with Crippen LogP contribution in [0.5, 0.6) is 0 Å². The number of hydrogen-bond acceptors (Lipinski definition) is 1. The molecule has 1 heteroatoms. The van der Waals surface area contributed by atoms with Gasteiger partial charge in [-0.05, 0) is 44.7 Å². The topological polar surface area (TPSA) is 3.24 Å². The van der Waals surface area contributed by atoms with Gasteiger partial charge < -0.3 is 4.90 Å². The summed E-state index contributed by atoms with van der Waals surface area (Å²) in [6, 6.07) is 0.816. The molecule has 0 spiro atoms. The van der Waals surface area contributed by atoms with Crippen molar-refractivity contribution in [1.29, 1.82) is 0 Å². The third-order valence-corrected chi connectivity index (χ3v) is 3.79. The van der Waals surface area contributed by atoms with E-state index in [1.807, 2.05) is 0 Å². The molecule has 0 aromatic rings. The van der Waals surface area contributed by atoms with Crippen LogP contribution in [0.1, 0.15) is 33.6 Å². The smallest absolute Gasteiger partial charge is 0.0117 e. The minimum absolute atomic E-state index is 0.816. The zero-order chi connectivity index (χ0) is 9.30. The van der Waals surface area contributed by atoms with E-state index >= 15 is 0 Å².